The second-order valence-corrected chi connectivity index (χ2v) is 4.97. The molecule has 1 unspecified atom stereocenters. The second kappa shape index (κ2) is 4.74. The number of ether oxygens (including phenoxy) is 1. The molecule has 0 spiro atoms. The molecular formula is C12H20N4O. The molecule has 5 heteroatoms. The summed E-state index contributed by atoms with van der Waals surface area (Å²) < 4.78 is 7.77. The van der Waals surface area contributed by atoms with Crippen molar-refractivity contribution in [3.05, 3.63) is 11.6 Å². The van der Waals surface area contributed by atoms with Gasteiger partial charge >= 0.3 is 0 Å². The van der Waals surface area contributed by atoms with Crippen LogP contribution < -0.4 is 5.32 Å². The molecule has 5 nitrogen and oxygen atoms in total. The molecule has 0 amide bonds. The Morgan fingerprint density at radius 2 is 2.06 bits per heavy atom. The fraction of sp³-hybridized carbons (Fsp3) is 0.833. The SMILES string of the molecule is Cc1nnc(C2CCCN2)n1C1CCOCC1. The van der Waals surface area contributed by atoms with Crippen LogP contribution in [-0.2, 0) is 4.74 Å². The third kappa shape index (κ3) is 2.09. The summed E-state index contributed by atoms with van der Waals surface area (Å²) in [4.78, 5) is 0. The van der Waals surface area contributed by atoms with Crippen LogP contribution in [0.25, 0.3) is 0 Å². The van der Waals surface area contributed by atoms with Crippen LogP contribution in [0, 0.1) is 6.92 Å². The van der Waals surface area contributed by atoms with E-state index in [4.69, 9.17) is 4.74 Å². The Morgan fingerprint density at radius 1 is 1.24 bits per heavy atom. The van der Waals surface area contributed by atoms with Crippen molar-refractivity contribution in [3.8, 4) is 0 Å². The lowest BCUT2D eigenvalue weighted by atomic mass is 10.1. The largest absolute Gasteiger partial charge is 0.381 e. The lowest BCUT2D eigenvalue weighted by molar-refractivity contribution is 0.0678. The van der Waals surface area contributed by atoms with Crippen molar-refractivity contribution in [2.75, 3.05) is 19.8 Å². The van der Waals surface area contributed by atoms with E-state index in [0.717, 1.165) is 44.2 Å². The van der Waals surface area contributed by atoms with Crippen LogP contribution in [-0.4, -0.2) is 34.5 Å². The minimum absolute atomic E-state index is 0.402. The third-order valence-corrected chi connectivity index (χ3v) is 3.82. The summed E-state index contributed by atoms with van der Waals surface area (Å²) in [5, 5.41) is 12.2. The van der Waals surface area contributed by atoms with Crippen LogP contribution in [0.5, 0.6) is 0 Å². The molecule has 1 N–H and O–H groups in total. The van der Waals surface area contributed by atoms with Gasteiger partial charge in [-0.05, 0) is 39.2 Å². The standard InChI is InChI=1S/C12H20N4O/c1-9-14-15-12(11-3-2-6-13-11)16(9)10-4-7-17-8-5-10/h10-11,13H,2-8H2,1H3. The molecule has 0 bridgehead atoms. The minimum atomic E-state index is 0.402. The predicted octanol–water partition coefficient (Wildman–Crippen LogP) is 1.36. The fourth-order valence-electron chi connectivity index (χ4n) is 2.92. The van der Waals surface area contributed by atoms with Gasteiger partial charge in [-0.3, -0.25) is 0 Å². The Morgan fingerprint density at radius 3 is 2.76 bits per heavy atom. The van der Waals surface area contributed by atoms with Gasteiger partial charge in [0.15, 0.2) is 0 Å². The highest BCUT2D eigenvalue weighted by molar-refractivity contribution is 5.04. The Balaban J connectivity index is 1.88. The Kier molecular flexibility index (Phi) is 3.11. The summed E-state index contributed by atoms with van der Waals surface area (Å²) in [6.07, 6.45) is 4.59. The van der Waals surface area contributed by atoms with Crippen molar-refractivity contribution in [1.29, 1.82) is 0 Å². The van der Waals surface area contributed by atoms with Crippen molar-refractivity contribution < 1.29 is 4.74 Å². The van der Waals surface area contributed by atoms with E-state index in [1.54, 1.807) is 0 Å². The summed E-state index contributed by atoms with van der Waals surface area (Å²) in [6.45, 7) is 4.88. The van der Waals surface area contributed by atoms with Crippen molar-refractivity contribution >= 4 is 0 Å². The maximum Gasteiger partial charge on any atom is 0.150 e. The van der Waals surface area contributed by atoms with Gasteiger partial charge in [-0.15, -0.1) is 10.2 Å². The van der Waals surface area contributed by atoms with Crippen LogP contribution in [0.2, 0.25) is 0 Å². The van der Waals surface area contributed by atoms with E-state index in [1.165, 1.54) is 12.8 Å². The molecule has 1 aromatic rings. The van der Waals surface area contributed by atoms with E-state index in [0.29, 0.717) is 12.1 Å². The van der Waals surface area contributed by atoms with E-state index < -0.39 is 0 Å². The first-order chi connectivity index (χ1) is 8.36. The number of aryl methyl sites for hydroxylation is 1. The molecule has 0 radical (unpaired) electrons. The first-order valence-corrected chi connectivity index (χ1v) is 6.59. The fourth-order valence-corrected chi connectivity index (χ4v) is 2.92. The smallest absolute Gasteiger partial charge is 0.150 e. The molecule has 2 aliphatic heterocycles. The summed E-state index contributed by atoms with van der Waals surface area (Å²) >= 11 is 0. The van der Waals surface area contributed by atoms with Crippen LogP contribution in [0.15, 0.2) is 0 Å². The molecule has 3 heterocycles. The first kappa shape index (κ1) is 11.2. The van der Waals surface area contributed by atoms with Crippen molar-refractivity contribution in [3.63, 3.8) is 0 Å². The summed E-state index contributed by atoms with van der Waals surface area (Å²) in [5.74, 6) is 2.17. The normalized spacial score (nSPS) is 26.5. The molecule has 2 aliphatic rings. The lowest BCUT2D eigenvalue weighted by Crippen LogP contribution is -2.25. The zero-order valence-corrected chi connectivity index (χ0v) is 10.4. The van der Waals surface area contributed by atoms with Gasteiger partial charge < -0.3 is 14.6 Å². The monoisotopic (exact) mass is 236 g/mol. The molecule has 0 aromatic carbocycles. The first-order valence-electron chi connectivity index (χ1n) is 6.59. The minimum Gasteiger partial charge on any atom is -0.381 e. The highest BCUT2D eigenvalue weighted by Gasteiger charge is 2.27. The average molecular weight is 236 g/mol. The van der Waals surface area contributed by atoms with Gasteiger partial charge in [-0.1, -0.05) is 0 Å². The Labute approximate surface area is 102 Å². The second-order valence-electron chi connectivity index (χ2n) is 4.97. The van der Waals surface area contributed by atoms with E-state index in [-0.39, 0.29) is 0 Å². The van der Waals surface area contributed by atoms with Gasteiger partial charge in [0.1, 0.15) is 11.6 Å². The number of nitrogens with one attached hydrogen (secondary N) is 1. The average Bonchev–Trinajstić information content (AvgIpc) is 2.98. The van der Waals surface area contributed by atoms with E-state index in [2.05, 4.69) is 27.0 Å². The summed E-state index contributed by atoms with van der Waals surface area (Å²) in [7, 11) is 0. The van der Waals surface area contributed by atoms with E-state index >= 15 is 0 Å². The molecule has 94 valence electrons. The third-order valence-electron chi connectivity index (χ3n) is 3.82. The topological polar surface area (TPSA) is 52.0 Å². The Bertz CT molecular complexity index is 378. The maximum absolute atomic E-state index is 5.43. The molecule has 2 fully saturated rings. The van der Waals surface area contributed by atoms with Crippen LogP contribution in [0.3, 0.4) is 0 Å². The maximum atomic E-state index is 5.43. The van der Waals surface area contributed by atoms with Gasteiger partial charge in [0.25, 0.3) is 0 Å². The number of hydrogen-bond acceptors (Lipinski definition) is 4. The lowest BCUT2D eigenvalue weighted by Gasteiger charge is -2.26. The molecule has 3 rings (SSSR count). The number of aromatic nitrogens is 3. The molecule has 2 saturated heterocycles. The summed E-state index contributed by atoms with van der Waals surface area (Å²) in [6, 6.07) is 0.926. The number of nitrogens with zero attached hydrogens (tertiary/aromatic N) is 3. The van der Waals surface area contributed by atoms with Crippen LogP contribution in [0.1, 0.15) is 49.4 Å². The zero-order valence-electron chi connectivity index (χ0n) is 10.4. The van der Waals surface area contributed by atoms with Crippen LogP contribution >= 0.6 is 0 Å². The van der Waals surface area contributed by atoms with Crippen molar-refractivity contribution in [1.82, 2.24) is 20.1 Å². The number of hydrogen-bond donors (Lipinski definition) is 1. The quantitative estimate of drug-likeness (QED) is 0.842. The van der Waals surface area contributed by atoms with Gasteiger partial charge in [-0.25, -0.2) is 0 Å². The Hall–Kier alpha value is -0.940. The van der Waals surface area contributed by atoms with Crippen molar-refractivity contribution in [2.24, 2.45) is 0 Å². The molecule has 17 heavy (non-hydrogen) atoms. The summed E-state index contributed by atoms with van der Waals surface area (Å²) in [5.41, 5.74) is 0. The molecule has 1 aromatic heterocycles. The zero-order chi connectivity index (χ0) is 11.7. The molecule has 1 atom stereocenters. The van der Waals surface area contributed by atoms with Gasteiger partial charge in [0.2, 0.25) is 0 Å². The van der Waals surface area contributed by atoms with Crippen molar-refractivity contribution in [2.45, 2.75) is 44.7 Å². The predicted molar refractivity (Wildman–Crippen MR) is 63.8 cm³/mol. The molecule has 0 saturated carbocycles. The van der Waals surface area contributed by atoms with E-state index in [1.807, 2.05) is 0 Å². The number of rotatable bonds is 2. The van der Waals surface area contributed by atoms with Gasteiger partial charge in [0.05, 0.1) is 6.04 Å². The van der Waals surface area contributed by atoms with Gasteiger partial charge in [-0.2, -0.15) is 0 Å². The van der Waals surface area contributed by atoms with Crippen LogP contribution in [0.4, 0.5) is 0 Å². The molecule has 0 aliphatic carbocycles. The van der Waals surface area contributed by atoms with E-state index in [9.17, 15) is 0 Å². The molecular weight excluding hydrogens is 216 g/mol. The highest BCUT2D eigenvalue weighted by atomic mass is 16.5. The highest BCUT2D eigenvalue weighted by Crippen LogP contribution is 2.29. The van der Waals surface area contributed by atoms with Gasteiger partial charge in [0, 0.05) is 19.3 Å².